The third kappa shape index (κ3) is 2.51. The van der Waals surface area contributed by atoms with Crippen LogP contribution in [0, 0.1) is 0 Å². The highest BCUT2D eigenvalue weighted by Gasteiger charge is 2.45. The van der Waals surface area contributed by atoms with Crippen LogP contribution in [-0.4, -0.2) is 23.4 Å². The minimum Gasteiger partial charge on any atom is -0.436 e. The predicted molar refractivity (Wildman–Crippen MR) is 53.7 cm³/mol. The first-order valence-electron chi connectivity index (χ1n) is 5.47. The maximum Gasteiger partial charge on any atom is 0.419 e. The van der Waals surface area contributed by atoms with Gasteiger partial charge in [0, 0.05) is 25.7 Å². The number of carbonyl (C=O) groups is 2. The molecule has 0 aromatic heterocycles. The van der Waals surface area contributed by atoms with Crippen LogP contribution in [-0.2, 0) is 19.1 Å². The molecule has 0 aromatic carbocycles. The summed E-state index contributed by atoms with van der Waals surface area (Å²) in [5.41, 5.74) is 9.39. The van der Waals surface area contributed by atoms with Crippen LogP contribution >= 0.6 is 0 Å². The lowest BCUT2D eigenvalue weighted by Gasteiger charge is -2.23. The summed E-state index contributed by atoms with van der Waals surface area (Å²) in [6.07, 6.45) is 4.14. The van der Waals surface area contributed by atoms with Crippen LogP contribution in [0.2, 0.25) is 0 Å². The highest BCUT2D eigenvalue weighted by atomic mass is 16.6. The summed E-state index contributed by atoms with van der Waals surface area (Å²) in [7, 11) is 0. The molecule has 0 radical (unpaired) electrons. The molecular weight excluding hydrogens is 212 g/mol. The van der Waals surface area contributed by atoms with Crippen LogP contribution in [0.5, 0.6) is 0 Å². The van der Waals surface area contributed by atoms with Gasteiger partial charge < -0.3 is 9.47 Å². The fraction of sp³-hybridized carbons (Fsp3) is 0.800. The van der Waals surface area contributed by atoms with Crippen LogP contribution in [0.15, 0.2) is 0 Å². The van der Waals surface area contributed by atoms with Crippen LogP contribution in [0.25, 0.3) is 0 Å². The second-order valence-electron chi connectivity index (χ2n) is 4.62. The van der Waals surface area contributed by atoms with Gasteiger partial charge >= 0.3 is 11.9 Å². The molecular formula is C10H16N2O4. The number of rotatable bonds is 2. The molecule has 0 amide bonds. The molecule has 2 saturated carbocycles. The fourth-order valence-electron chi connectivity index (χ4n) is 1.75. The van der Waals surface area contributed by atoms with Gasteiger partial charge in [0.2, 0.25) is 0 Å². The van der Waals surface area contributed by atoms with E-state index < -0.39 is 23.4 Å². The molecule has 0 atom stereocenters. The molecule has 0 saturated heterocycles. The van der Waals surface area contributed by atoms with Crippen molar-refractivity contribution in [2.24, 2.45) is 11.5 Å². The van der Waals surface area contributed by atoms with E-state index in [2.05, 4.69) is 0 Å². The van der Waals surface area contributed by atoms with Gasteiger partial charge in [-0.2, -0.15) is 0 Å². The maximum atomic E-state index is 11.4. The van der Waals surface area contributed by atoms with E-state index in [1.54, 1.807) is 0 Å². The highest BCUT2D eigenvalue weighted by Crippen LogP contribution is 2.34. The molecule has 0 unspecified atom stereocenters. The maximum absolute atomic E-state index is 11.4. The number of hydrogen-bond donors (Lipinski definition) is 2. The zero-order valence-corrected chi connectivity index (χ0v) is 9.03. The molecule has 2 fully saturated rings. The van der Waals surface area contributed by atoms with Crippen molar-refractivity contribution in [3.05, 3.63) is 0 Å². The van der Waals surface area contributed by atoms with Gasteiger partial charge in [-0.3, -0.25) is 11.5 Å². The van der Waals surface area contributed by atoms with Gasteiger partial charge in [0.05, 0.1) is 0 Å². The summed E-state index contributed by atoms with van der Waals surface area (Å²) < 4.78 is 9.72. The van der Waals surface area contributed by atoms with E-state index in [1.807, 2.05) is 0 Å². The third-order valence-electron chi connectivity index (χ3n) is 2.95. The Hall–Kier alpha value is -1.14. The molecule has 6 nitrogen and oxygen atoms in total. The van der Waals surface area contributed by atoms with Gasteiger partial charge in [-0.05, 0) is 12.8 Å². The molecule has 16 heavy (non-hydrogen) atoms. The largest absolute Gasteiger partial charge is 0.436 e. The van der Waals surface area contributed by atoms with Gasteiger partial charge in [0.25, 0.3) is 0 Å². The van der Waals surface area contributed by atoms with Crippen molar-refractivity contribution in [3.8, 4) is 0 Å². The molecule has 6 heteroatoms. The molecule has 4 N–H and O–H groups in total. The van der Waals surface area contributed by atoms with E-state index in [-0.39, 0.29) is 0 Å². The number of nitrogens with two attached hydrogens (primary N) is 2. The Labute approximate surface area is 93.2 Å². The highest BCUT2D eigenvalue weighted by molar-refractivity contribution is 6.29. The van der Waals surface area contributed by atoms with E-state index >= 15 is 0 Å². The molecule has 0 aliphatic heterocycles. The summed E-state index contributed by atoms with van der Waals surface area (Å²) in [4.78, 5) is 22.7. The van der Waals surface area contributed by atoms with E-state index in [9.17, 15) is 9.59 Å². The lowest BCUT2D eigenvalue weighted by Crippen LogP contribution is -2.44. The molecule has 0 bridgehead atoms. The molecule has 2 rings (SSSR count). The summed E-state index contributed by atoms with van der Waals surface area (Å²) in [6, 6.07) is 0. The van der Waals surface area contributed by atoms with Crippen LogP contribution in [0.1, 0.15) is 38.5 Å². The summed E-state index contributed by atoms with van der Waals surface area (Å²) in [5.74, 6) is -2.09. The molecule has 90 valence electrons. The van der Waals surface area contributed by atoms with Gasteiger partial charge in [-0.15, -0.1) is 0 Å². The lowest BCUT2D eigenvalue weighted by molar-refractivity contribution is -0.181. The smallest absolute Gasteiger partial charge is 0.419 e. The SMILES string of the molecule is NC1(OC(=O)C(=O)OC2(N)CC2)CCCC1. The van der Waals surface area contributed by atoms with Gasteiger partial charge in [0.1, 0.15) is 0 Å². The van der Waals surface area contributed by atoms with Crippen molar-refractivity contribution in [1.29, 1.82) is 0 Å². The van der Waals surface area contributed by atoms with Gasteiger partial charge in [-0.1, -0.05) is 0 Å². The lowest BCUT2D eigenvalue weighted by atomic mass is 10.2. The monoisotopic (exact) mass is 228 g/mol. The Kier molecular flexibility index (Phi) is 2.63. The second-order valence-corrected chi connectivity index (χ2v) is 4.62. The molecule has 0 spiro atoms. The van der Waals surface area contributed by atoms with Crippen molar-refractivity contribution in [3.63, 3.8) is 0 Å². The summed E-state index contributed by atoms with van der Waals surface area (Å²) >= 11 is 0. The van der Waals surface area contributed by atoms with Gasteiger partial charge in [0.15, 0.2) is 11.4 Å². The standard InChI is InChI=1S/C10H16N2O4/c11-9(3-1-2-4-9)15-7(13)8(14)16-10(12)5-6-10/h1-6,11-12H2. The average Bonchev–Trinajstić information content (AvgIpc) is 2.74. The number of carbonyl (C=O) groups excluding carboxylic acids is 2. The summed E-state index contributed by atoms with van der Waals surface area (Å²) in [6.45, 7) is 0. The number of esters is 2. The van der Waals surface area contributed by atoms with Crippen LogP contribution < -0.4 is 11.5 Å². The van der Waals surface area contributed by atoms with E-state index in [4.69, 9.17) is 20.9 Å². The topological polar surface area (TPSA) is 105 Å². The van der Waals surface area contributed by atoms with Crippen molar-refractivity contribution in [2.75, 3.05) is 0 Å². The Balaban J connectivity index is 1.85. The Morgan fingerprint density at radius 1 is 0.812 bits per heavy atom. The first-order valence-corrected chi connectivity index (χ1v) is 5.47. The quantitative estimate of drug-likeness (QED) is 0.383. The zero-order valence-electron chi connectivity index (χ0n) is 9.03. The Morgan fingerprint density at radius 2 is 1.19 bits per heavy atom. The molecule has 0 heterocycles. The van der Waals surface area contributed by atoms with Crippen molar-refractivity contribution in [2.45, 2.75) is 50.0 Å². The van der Waals surface area contributed by atoms with Crippen molar-refractivity contribution < 1.29 is 19.1 Å². The van der Waals surface area contributed by atoms with Crippen molar-refractivity contribution >= 4 is 11.9 Å². The normalized spacial score (nSPS) is 24.9. The number of hydrogen-bond acceptors (Lipinski definition) is 6. The summed E-state index contributed by atoms with van der Waals surface area (Å²) in [5, 5.41) is 0. The third-order valence-corrected chi connectivity index (χ3v) is 2.95. The molecule has 2 aliphatic carbocycles. The van der Waals surface area contributed by atoms with E-state index in [0.29, 0.717) is 25.7 Å². The van der Waals surface area contributed by atoms with E-state index in [1.165, 1.54) is 0 Å². The van der Waals surface area contributed by atoms with Crippen molar-refractivity contribution in [1.82, 2.24) is 0 Å². The van der Waals surface area contributed by atoms with Gasteiger partial charge in [-0.25, -0.2) is 9.59 Å². The minimum absolute atomic E-state index is 0.583. The Bertz CT molecular complexity index is 319. The fourth-order valence-corrected chi connectivity index (χ4v) is 1.75. The van der Waals surface area contributed by atoms with Crippen LogP contribution in [0.4, 0.5) is 0 Å². The first kappa shape index (κ1) is 11.3. The Morgan fingerprint density at radius 3 is 1.56 bits per heavy atom. The predicted octanol–water partition coefficient (Wildman–Crippen LogP) is -0.249. The second kappa shape index (κ2) is 3.71. The first-order chi connectivity index (χ1) is 7.43. The molecule has 2 aliphatic rings. The molecule has 0 aromatic rings. The zero-order chi connectivity index (χ0) is 11.8. The van der Waals surface area contributed by atoms with Crippen LogP contribution in [0.3, 0.4) is 0 Å². The minimum atomic E-state index is -1.04. The number of ether oxygens (including phenoxy) is 2. The van der Waals surface area contributed by atoms with E-state index in [0.717, 1.165) is 12.8 Å². The average molecular weight is 228 g/mol.